The summed E-state index contributed by atoms with van der Waals surface area (Å²) in [5.74, 6) is 1.91. The predicted molar refractivity (Wildman–Crippen MR) is 112 cm³/mol. The Hall–Kier alpha value is -2.67. The van der Waals surface area contributed by atoms with Crippen LogP contribution < -0.4 is 0 Å². The van der Waals surface area contributed by atoms with E-state index < -0.39 is 0 Å². The zero-order valence-corrected chi connectivity index (χ0v) is 17.1. The molecule has 2 aromatic heterocycles. The molecular weight excluding hydrogens is 366 g/mol. The fourth-order valence-electron chi connectivity index (χ4n) is 4.75. The Morgan fingerprint density at radius 2 is 1.97 bits per heavy atom. The third-order valence-electron chi connectivity index (χ3n) is 6.16. The monoisotopic (exact) mass is 393 g/mol. The van der Waals surface area contributed by atoms with Crippen molar-refractivity contribution >= 4 is 27.8 Å². The van der Waals surface area contributed by atoms with Gasteiger partial charge in [0.2, 0.25) is 5.72 Å². The van der Waals surface area contributed by atoms with Gasteiger partial charge < -0.3 is 19.0 Å². The summed E-state index contributed by atoms with van der Waals surface area (Å²) in [6.07, 6.45) is 6.33. The molecule has 1 spiro atoms. The number of pyridine rings is 1. The summed E-state index contributed by atoms with van der Waals surface area (Å²) < 4.78 is 8.02. The van der Waals surface area contributed by atoms with Gasteiger partial charge in [-0.3, -0.25) is 4.98 Å². The zero-order valence-electron chi connectivity index (χ0n) is 17.1. The number of fused-ring (bicyclic) bond motifs is 3. The summed E-state index contributed by atoms with van der Waals surface area (Å²) in [6, 6.07) is 8.25. The summed E-state index contributed by atoms with van der Waals surface area (Å²) in [7, 11) is 0. The number of hydrogen-bond acceptors (Lipinski definition) is 6. The lowest BCUT2D eigenvalue weighted by molar-refractivity contribution is -0.0935. The second-order valence-electron chi connectivity index (χ2n) is 7.86. The van der Waals surface area contributed by atoms with Crippen molar-refractivity contribution in [2.45, 2.75) is 58.4 Å². The highest BCUT2D eigenvalue weighted by Gasteiger charge is 2.46. The minimum absolute atomic E-state index is 0.246. The molecule has 1 aliphatic heterocycles. The molecule has 152 valence electrons. The average molecular weight is 393 g/mol. The second kappa shape index (κ2) is 7.30. The Balaban J connectivity index is 1.54. The van der Waals surface area contributed by atoms with E-state index in [1.54, 1.807) is 0 Å². The van der Waals surface area contributed by atoms with E-state index in [1.807, 2.05) is 32.2 Å². The van der Waals surface area contributed by atoms with Crippen LogP contribution in [0.3, 0.4) is 0 Å². The Labute approximate surface area is 170 Å². The number of oxime groups is 1. The summed E-state index contributed by atoms with van der Waals surface area (Å²) in [5, 5.41) is 5.44. The van der Waals surface area contributed by atoms with Crippen molar-refractivity contribution in [2.75, 3.05) is 13.2 Å². The number of amidine groups is 1. The van der Waals surface area contributed by atoms with Gasteiger partial charge in [-0.15, -0.1) is 0 Å². The molecule has 3 aromatic rings. The van der Waals surface area contributed by atoms with Crippen molar-refractivity contribution < 1.29 is 9.57 Å². The molecule has 7 nitrogen and oxygen atoms in total. The lowest BCUT2D eigenvalue weighted by atomic mass is 10.1. The van der Waals surface area contributed by atoms with E-state index in [4.69, 9.17) is 14.6 Å². The van der Waals surface area contributed by atoms with Crippen molar-refractivity contribution in [3.8, 4) is 0 Å². The predicted octanol–water partition coefficient (Wildman–Crippen LogP) is 4.06. The van der Waals surface area contributed by atoms with Crippen LogP contribution in [0.1, 0.15) is 45.4 Å². The third kappa shape index (κ3) is 3.04. The highest BCUT2D eigenvalue weighted by atomic mass is 16.7. The highest BCUT2D eigenvalue weighted by Crippen LogP contribution is 2.40. The van der Waals surface area contributed by atoms with Gasteiger partial charge in [0, 0.05) is 37.9 Å². The van der Waals surface area contributed by atoms with Crippen LogP contribution in [0, 0.1) is 0 Å². The van der Waals surface area contributed by atoms with Crippen molar-refractivity contribution in [2.24, 2.45) is 5.16 Å². The van der Waals surface area contributed by atoms with Gasteiger partial charge in [0.1, 0.15) is 23.8 Å². The van der Waals surface area contributed by atoms with Crippen LogP contribution in [0.5, 0.6) is 0 Å². The first kappa shape index (κ1) is 18.4. The van der Waals surface area contributed by atoms with Crippen LogP contribution in [0.25, 0.3) is 21.9 Å². The fraction of sp³-hybridized carbons (Fsp3) is 0.500. The van der Waals surface area contributed by atoms with Crippen molar-refractivity contribution in [1.29, 1.82) is 0 Å². The molecule has 2 aliphatic rings. The van der Waals surface area contributed by atoms with Crippen LogP contribution in [-0.2, 0) is 22.7 Å². The highest BCUT2D eigenvalue weighted by molar-refractivity contribution is 6.02. The Morgan fingerprint density at radius 3 is 2.79 bits per heavy atom. The normalized spacial score (nSPS) is 18.1. The van der Waals surface area contributed by atoms with Gasteiger partial charge in [0.15, 0.2) is 0 Å². The Bertz CT molecular complexity index is 1070. The lowest BCUT2D eigenvalue weighted by Crippen LogP contribution is -2.47. The largest absolute Gasteiger partial charge is 0.374 e. The minimum atomic E-state index is -0.246. The van der Waals surface area contributed by atoms with E-state index in [9.17, 15) is 0 Å². The van der Waals surface area contributed by atoms with Crippen LogP contribution >= 0.6 is 0 Å². The number of hydrogen-bond donors (Lipinski definition) is 0. The molecule has 0 atom stereocenters. The molecular formula is C22H27N5O2. The van der Waals surface area contributed by atoms with Crippen LogP contribution in [0.4, 0.5) is 0 Å². The van der Waals surface area contributed by atoms with Gasteiger partial charge in [-0.05, 0) is 32.8 Å². The fourth-order valence-corrected chi connectivity index (χ4v) is 4.75. The molecule has 7 heteroatoms. The Kier molecular flexibility index (Phi) is 4.62. The van der Waals surface area contributed by atoms with E-state index in [-0.39, 0.29) is 5.72 Å². The van der Waals surface area contributed by atoms with E-state index in [1.165, 1.54) is 12.8 Å². The van der Waals surface area contributed by atoms with Crippen molar-refractivity contribution in [1.82, 2.24) is 19.4 Å². The molecule has 0 unspecified atom stereocenters. The molecule has 0 bridgehead atoms. The average Bonchev–Trinajstić information content (AvgIpc) is 3.44. The van der Waals surface area contributed by atoms with Crippen molar-refractivity contribution in [3.63, 3.8) is 0 Å². The SMILES string of the molecule is CCOCc1nc2cnc3ccccc3c2n1CCN1C(C)=NOC12CCCC2. The Morgan fingerprint density at radius 1 is 1.14 bits per heavy atom. The van der Waals surface area contributed by atoms with Crippen LogP contribution in [-0.4, -0.2) is 44.1 Å². The summed E-state index contributed by atoms with van der Waals surface area (Å²) >= 11 is 0. The number of aromatic nitrogens is 3. The van der Waals surface area contributed by atoms with Crippen LogP contribution in [0.2, 0.25) is 0 Å². The van der Waals surface area contributed by atoms with Crippen molar-refractivity contribution in [3.05, 3.63) is 36.3 Å². The molecule has 0 saturated heterocycles. The first-order valence-electron chi connectivity index (χ1n) is 10.5. The number of rotatable bonds is 6. The van der Waals surface area contributed by atoms with Gasteiger partial charge in [-0.25, -0.2) is 4.98 Å². The summed E-state index contributed by atoms with van der Waals surface area (Å²) in [4.78, 5) is 17.7. The molecule has 0 radical (unpaired) electrons. The smallest absolute Gasteiger partial charge is 0.211 e. The number of benzene rings is 1. The minimum Gasteiger partial charge on any atom is -0.374 e. The molecule has 1 aliphatic carbocycles. The van der Waals surface area contributed by atoms with Gasteiger partial charge in [0.25, 0.3) is 0 Å². The second-order valence-corrected chi connectivity index (χ2v) is 7.86. The van der Waals surface area contributed by atoms with Crippen LogP contribution in [0.15, 0.2) is 35.6 Å². The first-order valence-corrected chi connectivity index (χ1v) is 10.5. The zero-order chi connectivity index (χ0) is 19.8. The molecule has 0 amide bonds. The standard InChI is InChI=1S/C22H27N5O2/c1-3-28-15-20-24-19-14-23-18-9-5-4-8-17(18)21(19)26(20)12-13-27-16(2)25-29-22(27)10-6-7-11-22/h4-5,8-9,14H,3,6-7,10-13,15H2,1-2H3. The number of imidazole rings is 1. The number of para-hydroxylation sites is 1. The molecule has 1 fully saturated rings. The maximum Gasteiger partial charge on any atom is 0.211 e. The summed E-state index contributed by atoms with van der Waals surface area (Å²) in [5.41, 5.74) is 2.78. The molecule has 1 saturated carbocycles. The van der Waals surface area contributed by atoms with Gasteiger partial charge >= 0.3 is 0 Å². The molecule has 1 aromatic carbocycles. The van der Waals surface area contributed by atoms with E-state index >= 15 is 0 Å². The molecule has 3 heterocycles. The van der Waals surface area contributed by atoms with Gasteiger partial charge in [0.05, 0.1) is 17.2 Å². The molecule has 5 rings (SSSR count). The summed E-state index contributed by atoms with van der Waals surface area (Å²) in [6.45, 7) is 6.83. The quantitative estimate of drug-likeness (QED) is 0.632. The van der Waals surface area contributed by atoms with Gasteiger partial charge in [-0.2, -0.15) is 0 Å². The maximum atomic E-state index is 5.90. The number of nitrogens with zero attached hydrogens (tertiary/aromatic N) is 5. The third-order valence-corrected chi connectivity index (χ3v) is 6.16. The van der Waals surface area contributed by atoms with Gasteiger partial charge in [-0.1, -0.05) is 23.4 Å². The maximum absolute atomic E-state index is 5.90. The lowest BCUT2D eigenvalue weighted by Gasteiger charge is -2.33. The first-order chi connectivity index (χ1) is 14.2. The van der Waals surface area contributed by atoms with E-state index in [0.717, 1.165) is 59.5 Å². The number of ether oxygens (including phenoxy) is 1. The van der Waals surface area contributed by atoms with E-state index in [0.29, 0.717) is 13.2 Å². The topological polar surface area (TPSA) is 64.8 Å². The molecule has 0 N–H and O–H groups in total. The molecule has 29 heavy (non-hydrogen) atoms. The van der Waals surface area contributed by atoms with E-state index in [2.05, 4.69) is 31.7 Å².